The lowest BCUT2D eigenvalue weighted by molar-refractivity contribution is -0.136. The second-order valence-electron chi connectivity index (χ2n) is 6.91. The number of hydrogen-bond acceptors (Lipinski definition) is 5. The first kappa shape index (κ1) is 21.3. The number of hydrogen-bond donors (Lipinski definition) is 0. The summed E-state index contributed by atoms with van der Waals surface area (Å²) in [6, 6.07) is 18.3. The van der Waals surface area contributed by atoms with Gasteiger partial charge in [0.15, 0.2) is 0 Å². The van der Waals surface area contributed by atoms with Gasteiger partial charge < -0.3 is 9.15 Å². The zero-order valence-corrected chi connectivity index (χ0v) is 18.4. The minimum Gasteiger partial charge on any atom is -0.496 e. The number of amides is 2. The number of para-hydroxylation sites is 1. The SMILES string of the molecule is COc1ccccc1C1=C(SCc2ccco2)C(=O)N(CCc2ccc(Cl)cc2)C1=O. The highest BCUT2D eigenvalue weighted by molar-refractivity contribution is 8.03. The number of halogens is 1. The molecule has 1 aliphatic rings. The van der Waals surface area contributed by atoms with Crippen LogP contribution in [0.25, 0.3) is 5.57 Å². The predicted molar refractivity (Wildman–Crippen MR) is 122 cm³/mol. The van der Waals surface area contributed by atoms with Crippen molar-refractivity contribution in [2.24, 2.45) is 0 Å². The average Bonchev–Trinajstić information content (AvgIpc) is 3.38. The molecule has 2 aromatic carbocycles. The van der Waals surface area contributed by atoms with Gasteiger partial charge in [0.25, 0.3) is 11.8 Å². The molecule has 2 amide bonds. The van der Waals surface area contributed by atoms with Crippen LogP contribution in [0.15, 0.2) is 76.2 Å². The summed E-state index contributed by atoms with van der Waals surface area (Å²) in [4.78, 5) is 28.3. The summed E-state index contributed by atoms with van der Waals surface area (Å²) in [6.07, 6.45) is 2.13. The number of imide groups is 1. The summed E-state index contributed by atoms with van der Waals surface area (Å²) in [5.41, 5.74) is 1.98. The highest BCUT2D eigenvalue weighted by atomic mass is 35.5. The molecule has 0 saturated heterocycles. The first-order valence-electron chi connectivity index (χ1n) is 9.72. The van der Waals surface area contributed by atoms with Gasteiger partial charge in [0.1, 0.15) is 11.5 Å². The van der Waals surface area contributed by atoms with Crippen molar-refractivity contribution in [3.63, 3.8) is 0 Å². The number of furan rings is 1. The van der Waals surface area contributed by atoms with Crippen molar-refractivity contribution < 1.29 is 18.7 Å². The Bertz CT molecular complexity index is 1120. The lowest BCUT2D eigenvalue weighted by Gasteiger charge is -2.15. The maximum absolute atomic E-state index is 13.4. The number of carbonyl (C=O) groups excluding carboxylic acids is 2. The van der Waals surface area contributed by atoms with Gasteiger partial charge in [-0.1, -0.05) is 41.9 Å². The molecule has 0 saturated carbocycles. The van der Waals surface area contributed by atoms with E-state index in [1.807, 2.05) is 30.3 Å². The van der Waals surface area contributed by atoms with Crippen molar-refractivity contribution in [2.45, 2.75) is 12.2 Å². The van der Waals surface area contributed by atoms with Crippen molar-refractivity contribution in [1.82, 2.24) is 4.90 Å². The summed E-state index contributed by atoms with van der Waals surface area (Å²) < 4.78 is 10.9. The smallest absolute Gasteiger partial charge is 0.268 e. The first-order valence-corrected chi connectivity index (χ1v) is 11.1. The molecule has 0 bridgehead atoms. The molecular formula is C24H20ClNO4S. The van der Waals surface area contributed by atoms with Crippen molar-refractivity contribution in [1.29, 1.82) is 0 Å². The van der Waals surface area contributed by atoms with Gasteiger partial charge in [0.2, 0.25) is 0 Å². The van der Waals surface area contributed by atoms with Crippen LogP contribution in [0.2, 0.25) is 5.02 Å². The molecule has 1 aromatic heterocycles. The Morgan fingerprint density at radius 1 is 1.00 bits per heavy atom. The normalized spacial score (nSPS) is 13.9. The second-order valence-corrected chi connectivity index (χ2v) is 8.33. The number of nitrogens with zero attached hydrogens (tertiary/aromatic N) is 1. The van der Waals surface area contributed by atoms with E-state index in [1.54, 1.807) is 43.7 Å². The summed E-state index contributed by atoms with van der Waals surface area (Å²) in [6.45, 7) is 0.281. The fraction of sp³-hybridized carbons (Fsp3) is 0.167. The fourth-order valence-electron chi connectivity index (χ4n) is 3.41. The molecule has 0 unspecified atom stereocenters. The Kier molecular flexibility index (Phi) is 6.49. The molecule has 0 atom stereocenters. The van der Waals surface area contributed by atoms with E-state index in [1.165, 1.54) is 16.7 Å². The maximum atomic E-state index is 13.4. The molecule has 0 fully saturated rings. The Balaban J connectivity index is 1.63. The quantitative estimate of drug-likeness (QED) is 0.439. The molecule has 4 rings (SSSR count). The highest BCUT2D eigenvalue weighted by Gasteiger charge is 2.40. The zero-order chi connectivity index (χ0) is 21.8. The van der Waals surface area contributed by atoms with Crippen molar-refractivity contribution in [3.05, 3.63) is 93.7 Å². The van der Waals surface area contributed by atoms with Gasteiger partial charge in [-0.05, 0) is 42.3 Å². The number of methoxy groups -OCH3 is 1. The van der Waals surface area contributed by atoms with Crippen LogP contribution < -0.4 is 4.74 Å². The average molecular weight is 454 g/mol. The van der Waals surface area contributed by atoms with E-state index in [9.17, 15) is 9.59 Å². The molecule has 0 radical (unpaired) electrons. The van der Waals surface area contributed by atoms with Crippen LogP contribution in [0.5, 0.6) is 5.75 Å². The minimum atomic E-state index is -0.314. The third kappa shape index (κ3) is 4.55. The predicted octanol–water partition coefficient (Wildman–Crippen LogP) is 5.20. The Morgan fingerprint density at radius 3 is 2.48 bits per heavy atom. The molecule has 1 aliphatic heterocycles. The molecule has 2 heterocycles. The number of benzene rings is 2. The third-order valence-corrected chi connectivity index (χ3v) is 6.33. The molecule has 0 spiro atoms. The molecule has 158 valence electrons. The lowest BCUT2D eigenvalue weighted by Crippen LogP contribution is -2.33. The van der Waals surface area contributed by atoms with E-state index < -0.39 is 0 Å². The molecule has 0 N–H and O–H groups in total. The van der Waals surface area contributed by atoms with Gasteiger partial charge in [-0.3, -0.25) is 14.5 Å². The molecule has 5 nitrogen and oxygen atoms in total. The maximum Gasteiger partial charge on any atom is 0.268 e. The van der Waals surface area contributed by atoms with Gasteiger partial charge in [0, 0.05) is 17.1 Å². The summed E-state index contributed by atoms with van der Waals surface area (Å²) in [5.74, 6) is 1.12. The number of rotatable bonds is 8. The molecule has 0 aliphatic carbocycles. The zero-order valence-electron chi connectivity index (χ0n) is 16.8. The summed E-state index contributed by atoms with van der Waals surface area (Å²) >= 11 is 7.25. The van der Waals surface area contributed by atoms with Crippen LogP contribution in [0, 0.1) is 0 Å². The van der Waals surface area contributed by atoms with Crippen LogP contribution in [0.4, 0.5) is 0 Å². The van der Waals surface area contributed by atoms with Crippen molar-refractivity contribution >= 4 is 40.8 Å². The Labute approximate surface area is 189 Å². The fourth-order valence-corrected chi connectivity index (χ4v) is 4.56. The molecule has 3 aromatic rings. The van der Waals surface area contributed by atoms with Gasteiger partial charge in [-0.15, -0.1) is 11.8 Å². The van der Waals surface area contributed by atoms with E-state index >= 15 is 0 Å². The highest BCUT2D eigenvalue weighted by Crippen LogP contribution is 2.40. The molecular weight excluding hydrogens is 434 g/mol. The van der Waals surface area contributed by atoms with Crippen LogP contribution in [-0.2, 0) is 21.8 Å². The lowest BCUT2D eigenvalue weighted by atomic mass is 10.0. The van der Waals surface area contributed by atoms with Crippen molar-refractivity contribution in [2.75, 3.05) is 13.7 Å². The van der Waals surface area contributed by atoms with E-state index in [4.69, 9.17) is 20.8 Å². The monoisotopic (exact) mass is 453 g/mol. The number of carbonyl (C=O) groups is 2. The topological polar surface area (TPSA) is 59.8 Å². The van der Waals surface area contributed by atoms with Crippen LogP contribution in [-0.4, -0.2) is 30.4 Å². The van der Waals surface area contributed by atoms with Gasteiger partial charge in [0.05, 0.1) is 29.6 Å². The van der Waals surface area contributed by atoms with E-state index in [0.29, 0.717) is 39.0 Å². The summed E-state index contributed by atoms with van der Waals surface area (Å²) in [7, 11) is 1.55. The van der Waals surface area contributed by atoms with Gasteiger partial charge >= 0.3 is 0 Å². The largest absolute Gasteiger partial charge is 0.496 e. The summed E-state index contributed by atoms with van der Waals surface area (Å²) in [5, 5.41) is 0.647. The molecule has 7 heteroatoms. The Hall–Kier alpha value is -2.96. The van der Waals surface area contributed by atoms with Gasteiger partial charge in [-0.2, -0.15) is 0 Å². The third-order valence-electron chi connectivity index (χ3n) is 4.98. The van der Waals surface area contributed by atoms with Gasteiger partial charge in [-0.25, -0.2) is 0 Å². The molecule has 31 heavy (non-hydrogen) atoms. The van der Waals surface area contributed by atoms with Crippen LogP contribution >= 0.6 is 23.4 Å². The standard InChI is InChI=1S/C24H20ClNO4S/c1-29-20-7-3-2-6-19(20)21-22(31-15-18-5-4-14-30-18)24(28)26(23(21)27)13-12-16-8-10-17(25)11-9-16/h2-11,14H,12-13,15H2,1H3. The van der Waals surface area contributed by atoms with E-state index in [-0.39, 0.29) is 18.4 Å². The van der Waals surface area contributed by atoms with E-state index in [2.05, 4.69) is 0 Å². The second kappa shape index (κ2) is 9.45. The minimum absolute atomic E-state index is 0.281. The van der Waals surface area contributed by atoms with Crippen LogP contribution in [0.3, 0.4) is 0 Å². The van der Waals surface area contributed by atoms with Crippen LogP contribution in [0.1, 0.15) is 16.9 Å². The van der Waals surface area contributed by atoms with E-state index in [0.717, 1.165) is 11.3 Å². The Morgan fingerprint density at radius 2 is 1.77 bits per heavy atom. The first-order chi connectivity index (χ1) is 15.1. The number of ether oxygens (including phenoxy) is 1. The number of thioether (sulfide) groups is 1. The van der Waals surface area contributed by atoms with Crippen molar-refractivity contribution in [3.8, 4) is 5.75 Å².